The van der Waals surface area contributed by atoms with Crippen LogP contribution in [0.3, 0.4) is 0 Å². The molecular weight excluding hydrogens is 233 g/mol. The summed E-state index contributed by atoms with van der Waals surface area (Å²) in [7, 11) is 3.37. The second-order valence-electron chi connectivity index (χ2n) is 4.69. The third-order valence-electron chi connectivity index (χ3n) is 3.71. The maximum Gasteiger partial charge on any atom is 0.165 e. The molecule has 1 aromatic rings. The summed E-state index contributed by atoms with van der Waals surface area (Å²) < 4.78 is 24.3. The van der Waals surface area contributed by atoms with Crippen molar-refractivity contribution in [1.82, 2.24) is 5.32 Å². The number of ether oxygens (including phenoxy) is 2. The Balaban J connectivity index is 2.24. The molecule has 0 spiro atoms. The lowest BCUT2D eigenvalue weighted by Crippen LogP contribution is -2.29. The van der Waals surface area contributed by atoms with Crippen molar-refractivity contribution in [3.63, 3.8) is 0 Å². The van der Waals surface area contributed by atoms with E-state index in [1.54, 1.807) is 12.1 Å². The van der Waals surface area contributed by atoms with E-state index in [0.717, 1.165) is 18.6 Å². The van der Waals surface area contributed by atoms with Gasteiger partial charge in [0.05, 0.1) is 13.2 Å². The van der Waals surface area contributed by atoms with E-state index in [9.17, 15) is 4.39 Å². The molecule has 1 saturated heterocycles. The predicted molar refractivity (Wildman–Crippen MR) is 68.3 cm³/mol. The Morgan fingerprint density at radius 1 is 1.50 bits per heavy atom. The lowest BCUT2D eigenvalue weighted by atomic mass is 9.88. The topological polar surface area (TPSA) is 30.5 Å². The summed E-state index contributed by atoms with van der Waals surface area (Å²) in [5, 5.41) is 3.27. The van der Waals surface area contributed by atoms with E-state index in [0.29, 0.717) is 5.92 Å². The smallest absolute Gasteiger partial charge is 0.165 e. The Labute approximate surface area is 107 Å². The van der Waals surface area contributed by atoms with Gasteiger partial charge in [0.25, 0.3) is 0 Å². The van der Waals surface area contributed by atoms with Crippen molar-refractivity contribution in [1.29, 1.82) is 0 Å². The molecule has 0 amide bonds. The zero-order valence-electron chi connectivity index (χ0n) is 11.1. The van der Waals surface area contributed by atoms with Crippen LogP contribution in [0, 0.1) is 11.7 Å². The van der Waals surface area contributed by atoms with E-state index >= 15 is 0 Å². The third kappa shape index (κ3) is 2.49. The van der Waals surface area contributed by atoms with Gasteiger partial charge in [-0.2, -0.15) is 0 Å². The SMILES string of the molecule is CNC(c1ccc(OC)c(F)c1)C1CCOC1C. The summed E-state index contributed by atoms with van der Waals surface area (Å²) >= 11 is 0. The standard InChI is InChI=1S/C14H20FNO2/c1-9-11(6-7-18-9)14(16-2)10-4-5-13(17-3)12(15)8-10/h4-5,8-9,11,14,16H,6-7H2,1-3H3. The van der Waals surface area contributed by atoms with Gasteiger partial charge in [0, 0.05) is 18.6 Å². The van der Waals surface area contributed by atoms with Crippen LogP contribution in [0.5, 0.6) is 5.75 Å². The molecule has 0 radical (unpaired) electrons. The van der Waals surface area contributed by atoms with Crippen LogP contribution in [0.15, 0.2) is 18.2 Å². The van der Waals surface area contributed by atoms with E-state index in [1.807, 2.05) is 13.1 Å². The molecule has 1 aliphatic heterocycles. The quantitative estimate of drug-likeness (QED) is 0.894. The molecule has 18 heavy (non-hydrogen) atoms. The predicted octanol–water partition coefficient (Wildman–Crippen LogP) is 2.52. The van der Waals surface area contributed by atoms with Gasteiger partial charge in [-0.15, -0.1) is 0 Å². The number of benzene rings is 1. The van der Waals surface area contributed by atoms with Gasteiger partial charge in [0.1, 0.15) is 0 Å². The van der Waals surface area contributed by atoms with Gasteiger partial charge >= 0.3 is 0 Å². The van der Waals surface area contributed by atoms with E-state index in [-0.39, 0.29) is 23.7 Å². The highest BCUT2D eigenvalue weighted by Gasteiger charge is 2.32. The first-order chi connectivity index (χ1) is 8.67. The average molecular weight is 253 g/mol. The molecule has 0 bridgehead atoms. The first-order valence-corrected chi connectivity index (χ1v) is 6.29. The second-order valence-corrected chi connectivity index (χ2v) is 4.69. The summed E-state index contributed by atoms with van der Waals surface area (Å²) in [6.07, 6.45) is 1.20. The molecule has 0 saturated carbocycles. The molecule has 0 aromatic heterocycles. The fourth-order valence-corrected chi connectivity index (χ4v) is 2.69. The molecule has 1 aromatic carbocycles. The van der Waals surface area contributed by atoms with Gasteiger partial charge in [-0.3, -0.25) is 0 Å². The molecule has 2 rings (SSSR count). The molecule has 1 fully saturated rings. The Kier molecular flexibility index (Phi) is 4.19. The van der Waals surface area contributed by atoms with Crippen LogP contribution in [0.4, 0.5) is 4.39 Å². The van der Waals surface area contributed by atoms with Gasteiger partial charge in [-0.05, 0) is 38.1 Å². The van der Waals surface area contributed by atoms with Gasteiger partial charge in [-0.25, -0.2) is 4.39 Å². The monoisotopic (exact) mass is 253 g/mol. The van der Waals surface area contributed by atoms with Crippen LogP contribution >= 0.6 is 0 Å². The third-order valence-corrected chi connectivity index (χ3v) is 3.71. The minimum Gasteiger partial charge on any atom is -0.494 e. The number of halogens is 1. The molecular formula is C14H20FNO2. The Morgan fingerprint density at radius 3 is 2.78 bits per heavy atom. The van der Waals surface area contributed by atoms with Gasteiger partial charge in [0.2, 0.25) is 0 Å². The zero-order chi connectivity index (χ0) is 13.1. The lowest BCUT2D eigenvalue weighted by molar-refractivity contribution is 0.0962. The van der Waals surface area contributed by atoms with Crippen LogP contribution in [-0.2, 0) is 4.74 Å². The van der Waals surface area contributed by atoms with E-state index in [1.165, 1.54) is 7.11 Å². The van der Waals surface area contributed by atoms with E-state index in [4.69, 9.17) is 9.47 Å². The minimum atomic E-state index is -0.318. The van der Waals surface area contributed by atoms with Crippen molar-refractivity contribution in [3.8, 4) is 5.75 Å². The van der Waals surface area contributed by atoms with Crippen LogP contribution in [0.2, 0.25) is 0 Å². The van der Waals surface area contributed by atoms with Crippen molar-refractivity contribution < 1.29 is 13.9 Å². The summed E-state index contributed by atoms with van der Waals surface area (Å²) in [5.74, 6) is 0.342. The van der Waals surface area contributed by atoms with Crippen molar-refractivity contribution in [3.05, 3.63) is 29.6 Å². The fourth-order valence-electron chi connectivity index (χ4n) is 2.69. The minimum absolute atomic E-state index is 0.114. The first-order valence-electron chi connectivity index (χ1n) is 6.29. The van der Waals surface area contributed by atoms with Gasteiger partial charge in [0.15, 0.2) is 11.6 Å². The van der Waals surface area contributed by atoms with Gasteiger partial charge in [-0.1, -0.05) is 6.07 Å². The van der Waals surface area contributed by atoms with Crippen LogP contribution < -0.4 is 10.1 Å². The first kappa shape index (κ1) is 13.3. The van der Waals surface area contributed by atoms with Crippen LogP contribution in [-0.4, -0.2) is 26.9 Å². The highest BCUT2D eigenvalue weighted by atomic mass is 19.1. The average Bonchev–Trinajstić information content (AvgIpc) is 2.77. The molecule has 1 aliphatic rings. The van der Waals surface area contributed by atoms with Crippen LogP contribution in [0.25, 0.3) is 0 Å². The summed E-state index contributed by atoms with van der Waals surface area (Å²) in [6, 6.07) is 5.25. The second kappa shape index (κ2) is 5.67. The van der Waals surface area contributed by atoms with E-state index < -0.39 is 0 Å². The number of hydrogen-bond acceptors (Lipinski definition) is 3. The molecule has 3 unspecified atom stereocenters. The highest BCUT2D eigenvalue weighted by molar-refractivity contribution is 5.31. The summed E-state index contributed by atoms with van der Waals surface area (Å²) in [5.41, 5.74) is 0.943. The summed E-state index contributed by atoms with van der Waals surface area (Å²) in [6.45, 7) is 2.85. The summed E-state index contributed by atoms with van der Waals surface area (Å²) in [4.78, 5) is 0. The Hall–Kier alpha value is -1.13. The molecule has 1 heterocycles. The molecule has 100 valence electrons. The Morgan fingerprint density at radius 2 is 2.28 bits per heavy atom. The number of nitrogens with one attached hydrogen (secondary N) is 1. The van der Waals surface area contributed by atoms with Crippen LogP contribution in [0.1, 0.15) is 24.9 Å². The van der Waals surface area contributed by atoms with Gasteiger partial charge < -0.3 is 14.8 Å². The fraction of sp³-hybridized carbons (Fsp3) is 0.571. The van der Waals surface area contributed by atoms with Crippen molar-refractivity contribution >= 4 is 0 Å². The molecule has 3 atom stereocenters. The molecule has 0 aliphatic carbocycles. The number of methoxy groups -OCH3 is 1. The van der Waals surface area contributed by atoms with Crippen molar-refractivity contribution in [2.75, 3.05) is 20.8 Å². The lowest BCUT2D eigenvalue weighted by Gasteiger charge is -2.26. The normalized spacial score (nSPS) is 25.1. The van der Waals surface area contributed by atoms with E-state index in [2.05, 4.69) is 12.2 Å². The number of rotatable bonds is 4. The molecule has 1 N–H and O–H groups in total. The molecule has 4 heteroatoms. The molecule has 3 nitrogen and oxygen atoms in total. The van der Waals surface area contributed by atoms with Crippen molar-refractivity contribution in [2.24, 2.45) is 5.92 Å². The van der Waals surface area contributed by atoms with Crippen molar-refractivity contribution in [2.45, 2.75) is 25.5 Å². The Bertz CT molecular complexity index is 411. The zero-order valence-corrected chi connectivity index (χ0v) is 11.1. The number of hydrogen-bond donors (Lipinski definition) is 1. The maximum atomic E-state index is 13.7. The maximum absolute atomic E-state index is 13.7. The highest BCUT2D eigenvalue weighted by Crippen LogP contribution is 2.34. The largest absolute Gasteiger partial charge is 0.494 e.